The number of nitrogens with one attached hydrogen (secondary N) is 2. The molecule has 2 aliphatic heterocycles. The lowest BCUT2D eigenvalue weighted by molar-refractivity contribution is -0.123. The molecule has 0 bridgehead atoms. The van der Waals surface area contributed by atoms with Crippen LogP contribution in [0.25, 0.3) is 0 Å². The van der Waals surface area contributed by atoms with Crippen molar-refractivity contribution in [3.05, 3.63) is 60.2 Å². The fourth-order valence-corrected chi connectivity index (χ4v) is 4.47. The van der Waals surface area contributed by atoms with Crippen LogP contribution < -0.4 is 15.5 Å². The Morgan fingerprint density at radius 2 is 1.30 bits per heavy atom. The predicted molar refractivity (Wildman–Crippen MR) is 132 cm³/mol. The molecule has 0 aromatic heterocycles. The van der Waals surface area contributed by atoms with Crippen molar-refractivity contribution in [2.24, 2.45) is 0 Å². The largest absolute Gasteiger partial charge is 0.372 e. The maximum Gasteiger partial charge on any atom is 0.238 e. The van der Waals surface area contributed by atoms with Crippen LogP contribution in [0.15, 0.2) is 54.6 Å². The number of amides is 2. The predicted octanol–water partition coefficient (Wildman–Crippen LogP) is 2.55. The van der Waals surface area contributed by atoms with Crippen molar-refractivity contribution in [3.63, 3.8) is 0 Å². The summed E-state index contributed by atoms with van der Waals surface area (Å²) in [6, 6.07) is 18.1. The van der Waals surface area contributed by atoms with Gasteiger partial charge >= 0.3 is 0 Å². The molecule has 0 aliphatic carbocycles. The van der Waals surface area contributed by atoms with Crippen LogP contribution in [0.4, 0.5) is 11.4 Å². The van der Waals surface area contributed by atoms with Crippen molar-refractivity contribution in [1.82, 2.24) is 15.1 Å². The summed E-state index contributed by atoms with van der Waals surface area (Å²) in [6.45, 7) is 6.71. The normalized spacial score (nSPS) is 17.5. The highest BCUT2D eigenvalue weighted by atomic mass is 16.2. The summed E-state index contributed by atoms with van der Waals surface area (Å²) in [5, 5.41) is 6.00. The van der Waals surface area contributed by atoms with E-state index in [1.54, 1.807) is 0 Å². The van der Waals surface area contributed by atoms with Gasteiger partial charge in [-0.2, -0.15) is 0 Å². The molecule has 2 N–H and O–H groups in total. The number of piperazine rings is 1. The van der Waals surface area contributed by atoms with E-state index in [1.807, 2.05) is 42.5 Å². The number of carbonyl (C=O) groups excluding carboxylic acids is 2. The molecule has 2 amide bonds. The minimum atomic E-state index is 0.00905. The minimum absolute atomic E-state index is 0.00905. The molecule has 33 heavy (non-hydrogen) atoms. The van der Waals surface area contributed by atoms with E-state index in [9.17, 15) is 9.59 Å². The summed E-state index contributed by atoms with van der Waals surface area (Å²) in [5.41, 5.74) is 3.17. The van der Waals surface area contributed by atoms with Crippen LogP contribution in [0.3, 0.4) is 0 Å². The van der Waals surface area contributed by atoms with E-state index >= 15 is 0 Å². The number of hydrogen-bond donors (Lipinski definition) is 2. The number of hydrogen-bond acceptors (Lipinski definition) is 5. The van der Waals surface area contributed by atoms with Gasteiger partial charge in [0.15, 0.2) is 0 Å². The summed E-state index contributed by atoms with van der Waals surface area (Å²) in [4.78, 5) is 31.5. The molecule has 2 saturated heterocycles. The quantitative estimate of drug-likeness (QED) is 0.648. The Morgan fingerprint density at radius 3 is 1.94 bits per heavy atom. The van der Waals surface area contributed by atoms with Gasteiger partial charge in [-0.05, 0) is 49.1 Å². The minimum Gasteiger partial charge on any atom is -0.372 e. The Labute approximate surface area is 196 Å². The van der Waals surface area contributed by atoms with Gasteiger partial charge in [0.2, 0.25) is 11.8 Å². The first-order valence-corrected chi connectivity index (χ1v) is 12.1. The average Bonchev–Trinajstić information content (AvgIpc) is 2.86. The maximum atomic E-state index is 12.5. The van der Waals surface area contributed by atoms with Gasteiger partial charge in [0.05, 0.1) is 13.1 Å². The maximum absolute atomic E-state index is 12.5. The van der Waals surface area contributed by atoms with E-state index in [4.69, 9.17) is 0 Å². The van der Waals surface area contributed by atoms with Gasteiger partial charge in [0.25, 0.3) is 0 Å². The number of piperidine rings is 1. The summed E-state index contributed by atoms with van der Waals surface area (Å²) < 4.78 is 0. The molecule has 7 nitrogen and oxygen atoms in total. The zero-order valence-electron chi connectivity index (χ0n) is 19.3. The molecule has 4 rings (SSSR count). The third-order valence-corrected chi connectivity index (χ3v) is 6.40. The van der Waals surface area contributed by atoms with Crippen LogP contribution in [0.2, 0.25) is 0 Å². The topological polar surface area (TPSA) is 67.9 Å². The third-order valence-electron chi connectivity index (χ3n) is 6.40. The second-order valence-corrected chi connectivity index (χ2v) is 8.96. The summed E-state index contributed by atoms with van der Waals surface area (Å²) in [5.74, 6) is 0.0489. The highest BCUT2D eigenvalue weighted by Crippen LogP contribution is 2.21. The second-order valence-electron chi connectivity index (χ2n) is 8.96. The summed E-state index contributed by atoms with van der Waals surface area (Å²) in [6.07, 6.45) is 3.83. The Hall–Kier alpha value is -2.90. The molecule has 2 fully saturated rings. The zero-order chi connectivity index (χ0) is 22.9. The molecular weight excluding hydrogens is 414 g/mol. The number of rotatable bonds is 8. The molecule has 0 saturated carbocycles. The van der Waals surface area contributed by atoms with Crippen molar-refractivity contribution in [2.75, 3.05) is 62.6 Å². The summed E-state index contributed by atoms with van der Waals surface area (Å²) >= 11 is 0. The van der Waals surface area contributed by atoms with Gasteiger partial charge < -0.3 is 15.5 Å². The molecule has 2 aliphatic rings. The number of benzene rings is 2. The van der Waals surface area contributed by atoms with Crippen molar-refractivity contribution in [3.8, 4) is 0 Å². The van der Waals surface area contributed by atoms with Crippen LogP contribution in [0, 0.1) is 0 Å². The highest BCUT2D eigenvalue weighted by Gasteiger charge is 2.20. The van der Waals surface area contributed by atoms with Crippen LogP contribution in [-0.4, -0.2) is 74.0 Å². The highest BCUT2D eigenvalue weighted by molar-refractivity contribution is 5.92. The van der Waals surface area contributed by atoms with E-state index in [0.717, 1.165) is 50.5 Å². The first-order valence-electron chi connectivity index (χ1n) is 12.1. The van der Waals surface area contributed by atoms with Crippen molar-refractivity contribution in [1.29, 1.82) is 0 Å². The third kappa shape index (κ3) is 7.30. The van der Waals surface area contributed by atoms with E-state index in [-0.39, 0.29) is 11.8 Å². The van der Waals surface area contributed by atoms with Gasteiger partial charge in [-0.15, -0.1) is 0 Å². The molecule has 176 valence electrons. The Morgan fingerprint density at radius 1 is 0.697 bits per heavy atom. The summed E-state index contributed by atoms with van der Waals surface area (Å²) in [7, 11) is 0. The molecule has 0 atom stereocenters. The Bertz CT molecular complexity index is 889. The van der Waals surface area contributed by atoms with Gasteiger partial charge in [0, 0.05) is 57.2 Å². The van der Waals surface area contributed by atoms with Crippen LogP contribution in [0.5, 0.6) is 0 Å². The van der Waals surface area contributed by atoms with Crippen LogP contribution in [0.1, 0.15) is 24.8 Å². The van der Waals surface area contributed by atoms with Crippen LogP contribution >= 0.6 is 0 Å². The van der Waals surface area contributed by atoms with Gasteiger partial charge in [-0.25, -0.2) is 0 Å². The van der Waals surface area contributed by atoms with E-state index in [0.29, 0.717) is 19.6 Å². The standard InChI is InChI=1S/C26H35N5O2/c32-25(27-19-22-7-3-1-4-8-22)20-29-15-17-30(18-16-29)21-26(33)28-23-9-11-24(12-10-23)31-13-5-2-6-14-31/h1,3-4,7-12H,2,5-6,13-21H2,(H,27,32)(H,28,33). The molecule has 0 spiro atoms. The van der Waals surface area contributed by atoms with Gasteiger partial charge in [-0.1, -0.05) is 30.3 Å². The van der Waals surface area contributed by atoms with E-state index in [1.165, 1.54) is 24.9 Å². The van der Waals surface area contributed by atoms with Gasteiger partial charge in [-0.3, -0.25) is 19.4 Å². The molecular formula is C26H35N5O2. The fraction of sp³-hybridized carbons (Fsp3) is 0.462. The number of anilines is 2. The van der Waals surface area contributed by atoms with Gasteiger partial charge in [0.1, 0.15) is 0 Å². The molecule has 0 unspecified atom stereocenters. The van der Waals surface area contributed by atoms with Crippen molar-refractivity contribution in [2.45, 2.75) is 25.8 Å². The number of carbonyl (C=O) groups is 2. The smallest absolute Gasteiger partial charge is 0.238 e. The fourth-order valence-electron chi connectivity index (χ4n) is 4.47. The lowest BCUT2D eigenvalue weighted by Gasteiger charge is -2.33. The molecule has 2 aromatic carbocycles. The SMILES string of the molecule is O=C(CN1CCN(CC(=O)Nc2ccc(N3CCCCC3)cc2)CC1)NCc1ccccc1. The van der Waals surface area contributed by atoms with Crippen molar-refractivity contribution >= 4 is 23.2 Å². The Kier molecular flexibility index (Phi) is 8.33. The first-order chi connectivity index (χ1) is 16.2. The van der Waals surface area contributed by atoms with Crippen LogP contribution in [-0.2, 0) is 16.1 Å². The molecule has 2 heterocycles. The zero-order valence-corrected chi connectivity index (χ0v) is 19.3. The number of nitrogens with zero attached hydrogens (tertiary/aromatic N) is 3. The van der Waals surface area contributed by atoms with Crippen molar-refractivity contribution < 1.29 is 9.59 Å². The lowest BCUT2D eigenvalue weighted by atomic mass is 10.1. The monoisotopic (exact) mass is 449 g/mol. The Balaban J connectivity index is 1.14. The molecule has 0 radical (unpaired) electrons. The van der Waals surface area contributed by atoms with E-state index in [2.05, 4.69) is 37.5 Å². The average molecular weight is 450 g/mol. The van der Waals surface area contributed by atoms with E-state index < -0.39 is 0 Å². The lowest BCUT2D eigenvalue weighted by Crippen LogP contribution is -2.50. The molecule has 2 aromatic rings. The molecule has 7 heteroatoms. The second kappa shape index (κ2) is 11.8. The first kappa shape index (κ1) is 23.3.